The molecule has 1 aliphatic carbocycles. The van der Waals surface area contributed by atoms with E-state index in [0.717, 1.165) is 42.0 Å². The van der Waals surface area contributed by atoms with Crippen LogP contribution in [0.25, 0.3) is 5.70 Å². The van der Waals surface area contributed by atoms with Gasteiger partial charge in [-0.05, 0) is 81.2 Å². The van der Waals surface area contributed by atoms with Gasteiger partial charge >= 0.3 is 0 Å². The number of hydrogen-bond donors (Lipinski definition) is 1. The zero-order valence-corrected chi connectivity index (χ0v) is 19.2. The summed E-state index contributed by atoms with van der Waals surface area (Å²) in [6.07, 6.45) is 11.4. The number of hydrogen-bond acceptors (Lipinski definition) is 2. The van der Waals surface area contributed by atoms with Crippen LogP contribution in [0, 0.1) is 19.8 Å². The Bertz CT molecular complexity index is 765. The lowest BCUT2D eigenvalue weighted by Gasteiger charge is -2.16. The molecule has 1 saturated carbocycles. The summed E-state index contributed by atoms with van der Waals surface area (Å²) in [5.74, 6) is 1.08. The van der Waals surface area contributed by atoms with E-state index in [9.17, 15) is 0 Å². The molecule has 0 bridgehead atoms. The fourth-order valence-electron chi connectivity index (χ4n) is 3.44. The van der Waals surface area contributed by atoms with Crippen LogP contribution in [0.1, 0.15) is 76.0 Å². The molecule has 0 amide bonds. The average molecular weight is 393 g/mol. The van der Waals surface area contributed by atoms with Gasteiger partial charge in [-0.3, -0.25) is 4.99 Å². The Kier molecular flexibility index (Phi) is 9.10. The SMILES string of the molecule is C=C(CC)CC1CCC(C(=C)/C=C(\N=CC)c2ccc(C)c(C)c2)N1.CC1CC1. The van der Waals surface area contributed by atoms with Crippen LogP contribution in [-0.4, -0.2) is 18.3 Å². The number of rotatable bonds is 7. The number of benzene rings is 1. The summed E-state index contributed by atoms with van der Waals surface area (Å²) in [4.78, 5) is 4.59. The standard InChI is InChI=1S/C23H32N2.C4H8/c1-7-16(3)13-21-11-12-22(25-21)19(6)15-23(24-8-2)20-10-9-17(4)18(5)14-20;1-4-2-3-4/h8-10,14-15,21-22,25H,3,6-7,11-13H2,1-2,4-5H3;4H,2-3H2,1H3/b23-15-,24-8?;. The van der Waals surface area contributed by atoms with Crippen LogP contribution in [-0.2, 0) is 0 Å². The van der Waals surface area contributed by atoms with E-state index in [0.29, 0.717) is 12.1 Å². The molecule has 2 heteroatoms. The number of nitrogens with zero attached hydrogens (tertiary/aromatic N) is 1. The first-order valence-corrected chi connectivity index (χ1v) is 11.2. The Morgan fingerprint density at radius 2 is 1.83 bits per heavy atom. The molecular weight excluding hydrogens is 352 g/mol. The highest BCUT2D eigenvalue weighted by Gasteiger charge is 2.25. The minimum atomic E-state index is 0.336. The Hall–Kier alpha value is -1.93. The first-order chi connectivity index (χ1) is 13.8. The van der Waals surface area contributed by atoms with Gasteiger partial charge in [0.2, 0.25) is 0 Å². The first kappa shape index (κ1) is 23.3. The molecule has 1 heterocycles. The van der Waals surface area contributed by atoms with E-state index in [1.54, 1.807) is 0 Å². The van der Waals surface area contributed by atoms with Crippen LogP contribution >= 0.6 is 0 Å². The van der Waals surface area contributed by atoms with Crippen LogP contribution in [0.5, 0.6) is 0 Å². The summed E-state index contributed by atoms with van der Waals surface area (Å²) in [7, 11) is 0. The Balaban J connectivity index is 0.000000666. The highest BCUT2D eigenvalue weighted by molar-refractivity contribution is 5.75. The van der Waals surface area contributed by atoms with Gasteiger partial charge in [0.15, 0.2) is 0 Å². The largest absolute Gasteiger partial charge is 0.307 e. The molecular formula is C27H40N2. The molecule has 158 valence electrons. The van der Waals surface area contributed by atoms with Gasteiger partial charge in [0.05, 0.1) is 5.70 Å². The molecule has 0 aromatic heterocycles. The van der Waals surface area contributed by atoms with E-state index < -0.39 is 0 Å². The van der Waals surface area contributed by atoms with E-state index >= 15 is 0 Å². The molecule has 2 fully saturated rings. The zero-order chi connectivity index (χ0) is 21.4. The molecule has 0 radical (unpaired) electrons. The minimum absolute atomic E-state index is 0.336. The van der Waals surface area contributed by atoms with Crippen molar-refractivity contribution < 1.29 is 0 Å². The monoisotopic (exact) mass is 392 g/mol. The fraction of sp³-hybridized carbons (Fsp3) is 0.519. The van der Waals surface area contributed by atoms with Crippen LogP contribution in [0.4, 0.5) is 0 Å². The molecule has 2 nitrogen and oxygen atoms in total. The van der Waals surface area contributed by atoms with Gasteiger partial charge in [-0.2, -0.15) is 0 Å². The zero-order valence-electron chi connectivity index (χ0n) is 19.2. The number of nitrogens with one attached hydrogen (secondary N) is 1. The number of aryl methyl sites for hydroxylation is 2. The van der Waals surface area contributed by atoms with Gasteiger partial charge in [-0.15, -0.1) is 0 Å². The van der Waals surface area contributed by atoms with E-state index in [1.807, 2.05) is 13.1 Å². The highest BCUT2D eigenvalue weighted by atomic mass is 15.0. The maximum Gasteiger partial charge on any atom is 0.0701 e. The molecule has 29 heavy (non-hydrogen) atoms. The van der Waals surface area contributed by atoms with Crippen LogP contribution in [0.2, 0.25) is 0 Å². The summed E-state index contributed by atoms with van der Waals surface area (Å²) in [5.41, 5.74) is 7.17. The van der Waals surface area contributed by atoms with Crippen molar-refractivity contribution in [1.29, 1.82) is 0 Å². The predicted octanol–water partition coefficient (Wildman–Crippen LogP) is 7.18. The molecule has 2 atom stereocenters. The molecule has 2 unspecified atom stereocenters. The van der Waals surface area contributed by atoms with E-state index in [4.69, 9.17) is 0 Å². The predicted molar refractivity (Wildman–Crippen MR) is 130 cm³/mol. The Labute approximate surface area is 178 Å². The average Bonchev–Trinajstić information content (AvgIpc) is 3.34. The second-order valence-corrected chi connectivity index (χ2v) is 8.77. The van der Waals surface area contributed by atoms with Crippen molar-refractivity contribution in [3.05, 3.63) is 65.3 Å². The van der Waals surface area contributed by atoms with Gasteiger partial charge in [-0.25, -0.2) is 0 Å². The number of aliphatic imine (C=N–C) groups is 1. The summed E-state index contributed by atoms with van der Waals surface area (Å²) in [6.45, 7) is 19.2. The van der Waals surface area contributed by atoms with Gasteiger partial charge in [-0.1, -0.05) is 57.6 Å². The molecule has 1 aliphatic heterocycles. The minimum Gasteiger partial charge on any atom is -0.307 e. The van der Waals surface area contributed by atoms with Gasteiger partial charge in [0.25, 0.3) is 0 Å². The topological polar surface area (TPSA) is 24.4 Å². The summed E-state index contributed by atoms with van der Waals surface area (Å²) >= 11 is 0. The van der Waals surface area contributed by atoms with Crippen molar-refractivity contribution in [2.24, 2.45) is 10.9 Å². The van der Waals surface area contributed by atoms with Crippen LogP contribution < -0.4 is 5.32 Å². The third-order valence-corrected chi connectivity index (χ3v) is 5.98. The smallest absolute Gasteiger partial charge is 0.0701 e. The van der Waals surface area contributed by atoms with Crippen molar-refractivity contribution in [1.82, 2.24) is 5.32 Å². The van der Waals surface area contributed by atoms with Crippen molar-refractivity contribution in [3.8, 4) is 0 Å². The summed E-state index contributed by atoms with van der Waals surface area (Å²) in [6, 6.07) is 7.38. The first-order valence-electron chi connectivity index (χ1n) is 11.2. The second kappa shape index (κ2) is 11.3. The lowest BCUT2D eigenvalue weighted by atomic mass is 10.0. The normalized spacial score (nSPS) is 21.8. The Morgan fingerprint density at radius 3 is 2.38 bits per heavy atom. The van der Waals surface area contributed by atoms with Crippen molar-refractivity contribution in [2.75, 3.05) is 0 Å². The van der Waals surface area contributed by atoms with E-state index in [1.165, 1.54) is 36.0 Å². The van der Waals surface area contributed by atoms with Gasteiger partial charge in [0.1, 0.15) is 0 Å². The second-order valence-electron chi connectivity index (χ2n) is 8.77. The maximum absolute atomic E-state index is 4.59. The molecule has 0 spiro atoms. The summed E-state index contributed by atoms with van der Waals surface area (Å²) in [5, 5.41) is 3.72. The molecule has 3 rings (SSSR count). The molecule has 1 aromatic rings. The maximum atomic E-state index is 4.59. The highest BCUT2D eigenvalue weighted by Crippen LogP contribution is 2.27. The van der Waals surface area contributed by atoms with Gasteiger partial charge < -0.3 is 5.32 Å². The lowest BCUT2D eigenvalue weighted by Crippen LogP contribution is -2.30. The van der Waals surface area contributed by atoms with Gasteiger partial charge in [0, 0.05) is 23.9 Å². The fourth-order valence-corrected chi connectivity index (χ4v) is 3.44. The van der Waals surface area contributed by atoms with Crippen molar-refractivity contribution in [2.45, 2.75) is 85.2 Å². The molecule has 1 N–H and O–H groups in total. The third-order valence-electron chi connectivity index (χ3n) is 5.98. The Morgan fingerprint density at radius 1 is 1.14 bits per heavy atom. The van der Waals surface area contributed by atoms with E-state index in [-0.39, 0.29) is 0 Å². The molecule has 1 aromatic carbocycles. The quantitative estimate of drug-likeness (QED) is 0.296. The molecule has 1 saturated heterocycles. The van der Waals surface area contributed by atoms with Crippen LogP contribution in [0.15, 0.2) is 53.6 Å². The molecule has 2 aliphatic rings. The lowest BCUT2D eigenvalue weighted by molar-refractivity contribution is 0.565. The summed E-state index contributed by atoms with van der Waals surface area (Å²) < 4.78 is 0. The van der Waals surface area contributed by atoms with Crippen molar-refractivity contribution in [3.63, 3.8) is 0 Å². The third kappa shape index (κ3) is 7.78. The van der Waals surface area contributed by atoms with E-state index in [2.05, 4.69) is 75.4 Å². The van der Waals surface area contributed by atoms with Crippen LogP contribution in [0.3, 0.4) is 0 Å². The van der Waals surface area contributed by atoms with Crippen molar-refractivity contribution >= 4 is 11.9 Å².